The van der Waals surface area contributed by atoms with Gasteiger partial charge in [0.15, 0.2) is 0 Å². The first kappa shape index (κ1) is 17.1. The Morgan fingerprint density at radius 3 is 2.50 bits per heavy atom. The fourth-order valence-electron chi connectivity index (χ4n) is 2.87. The van der Waals surface area contributed by atoms with Crippen molar-refractivity contribution in [2.24, 2.45) is 9.98 Å². The SMILES string of the molecule is COc1ccc(N=C(N=C2CSCCN2C)N2CCCCC2)cc1. The molecule has 1 aromatic rings. The standard InChI is InChI=1S/C18H26N4OS/c1-21-12-13-24-14-17(21)20-18(22-10-4-3-5-11-22)19-15-6-8-16(23-2)9-7-15/h6-9H,3-5,10-14H2,1-2H3. The van der Waals surface area contributed by atoms with Crippen molar-refractivity contribution in [2.45, 2.75) is 19.3 Å². The molecule has 24 heavy (non-hydrogen) atoms. The van der Waals surface area contributed by atoms with Gasteiger partial charge in [-0.25, -0.2) is 4.99 Å². The van der Waals surface area contributed by atoms with Gasteiger partial charge in [0.2, 0.25) is 5.96 Å². The van der Waals surface area contributed by atoms with E-state index in [9.17, 15) is 0 Å². The summed E-state index contributed by atoms with van der Waals surface area (Å²) in [6, 6.07) is 7.87. The predicted octanol–water partition coefficient (Wildman–Crippen LogP) is 3.25. The lowest BCUT2D eigenvalue weighted by atomic mass is 10.1. The van der Waals surface area contributed by atoms with Crippen LogP contribution >= 0.6 is 11.8 Å². The van der Waals surface area contributed by atoms with Gasteiger partial charge >= 0.3 is 0 Å². The largest absolute Gasteiger partial charge is 0.497 e. The van der Waals surface area contributed by atoms with Crippen molar-refractivity contribution >= 4 is 29.2 Å². The van der Waals surface area contributed by atoms with E-state index < -0.39 is 0 Å². The van der Waals surface area contributed by atoms with Gasteiger partial charge in [0.05, 0.1) is 18.6 Å². The highest BCUT2D eigenvalue weighted by Gasteiger charge is 2.18. The average Bonchev–Trinajstić information content (AvgIpc) is 2.64. The molecule has 5 nitrogen and oxygen atoms in total. The summed E-state index contributed by atoms with van der Waals surface area (Å²) in [5, 5.41) is 0. The zero-order valence-corrected chi connectivity index (χ0v) is 15.4. The van der Waals surface area contributed by atoms with E-state index in [1.807, 2.05) is 36.0 Å². The number of ether oxygens (including phenoxy) is 1. The van der Waals surface area contributed by atoms with Gasteiger partial charge in [-0.15, -0.1) is 0 Å². The molecular formula is C18H26N4OS. The van der Waals surface area contributed by atoms with Crippen molar-refractivity contribution in [1.82, 2.24) is 9.80 Å². The van der Waals surface area contributed by atoms with Gasteiger partial charge < -0.3 is 14.5 Å². The van der Waals surface area contributed by atoms with Crippen molar-refractivity contribution in [3.63, 3.8) is 0 Å². The van der Waals surface area contributed by atoms with Crippen LogP contribution in [0.15, 0.2) is 34.3 Å². The Morgan fingerprint density at radius 1 is 1.08 bits per heavy atom. The van der Waals surface area contributed by atoms with Crippen LogP contribution in [0.4, 0.5) is 5.69 Å². The monoisotopic (exact) mass is 346 g/mol. The molecule has 0 aromatic heterocycles. The summed E-state index contributed by atoms with van der Waals surface area (Å²) in [7, 11) is 3.81. The summed E-state index contributed by atoms with van der Waals surface area (Å²) < 4.78 is 5.23. The van der Waals surface area contributed by atoms with E-state index in [0.717, 1.165) is 48.6 Å². The maximum Gasteiger partial charge on any atom is 0.227 e. The number of piperidine rings is 1. The second kappa shape index (κ2) is 8.42. The molecule has 2 aliphatic heterocycles. The molecule has 2 saturated heterocycles. The van der Waals surface area contributed by atoms with Gasteiger partial charge in [0, 0.05) is 32.4 Å². The van der Waals surface area contributed by atoms with Crippen LogP contribution in [0.1, 0.15) is 19.3 Å². The number of benzene rings is 1. The van der Waals surface area contributed by atoms with Crippen molar-refractivity contribution in [2.75, 3.05) is 45.3 Å². The molecule has 6 heteroatoms. The minimum Gasteiger partial charge on any atom is -0.497 e. The van der Waals surface area contributed by atoms with Gasteiger partial charge in [-0.3, -0.25) is 0 Å². The normalized spacial score (nSPS) is 21.2. The molecule has 0 amide bonds. The lowest BCUT2D eigenvalue weighted by Crippen LogP contribution is -2.39. The fraction of sp³-hybridized carbons (Fsp3) is 0.556. The van der Waals surface area contributed by atoms with Crippen LogP contribution in [0, 0.1) is 0 Å². The third-order valence-corrected chi connectivity index (χ3v) is 5.35. The fourth-order valence-corrected chi connectivity index (χ4v) is 3.88. The van der Waals surface area contributed by atoms with Crippen LogP contribution in [-0.2, 0) is 0 Å². The summed E-state index contributed by atoms with van der Waals surface area (Å²) in [5.74, 6) is 4.97. The van der Waals surface area contributed by atoms with Crippen LogP contribution < -0.4 is 4.74 Å². The molecule has 0 N–H and O–H groups in total. The van der Waals surface area contributed by atoms with Gasteiger partial charge in [0.25, 0.3) is 0 Å². The minimum atomic E-state index is 0.850. The van der Waals surface area contributed by atoms with Crippen molar-refractivity contribution in [3.8, 4) is 5.75 Å². The molecule has 0 atom stereocenters. The van der Waals surface area contributed by atoms with Crippen LogP contribution in [0.3, 0.4) is 0 Å². The molecule has 0 spiro atoms. The predicted molar refractivity (Wildman–Crippen MR) is 103 cm³/mol. The Labute approximate surface area is 148 Å². The Kier molecular flexibility index (Phi) is 6.01. The van der Waals surface area contributed by atoms with Crippen LogP contribution in [-0.4, -0.2) is 66.9 Å². The van der Waals surface area contributed by atoms with Crippen LogP contribution in [0.5, 0.6) is 5.75 Å². The zero-order chi connectivity index (χ0) is 16.8. The van der Waals surface area contributed by atoms with Gasteiger partial charge in [-0.05, 0) is 43.5 Å². The number of amidine groups is 1. The highest BCUT2D eigenvalue weighted by atomic mass is 32.2. The Morgan fingerprint density at radius 2 is 1.83 bits per heavy atom. The lowest BCUT2D eigenvalue weighted by molar-refractivity contribution is 0.339. The topological polar surface area (TPSA) is 40.4 Å². The zero-order valence-electron chi connectivity index (χ0n) is 14.6. The Balaban J connectivity index is 1.88. The van der Waals surface area contributed by atoms with Gasteiger partial charge in [-0.1, -0.05) is 0 Å². The number of methoxy groups -OCH3 is 1. The Hall–Kier alpha value is -1.69. The molecule has 1 aromatic carbocycles. The highest BCUT2D eigenvalue weighted by molar-refractivity contribution is 8.00. The van der Waals surface area contributed by atoms with Crippen LogP contribution in [0.25, 0.3) is 0 Å². The molecule has 0 bridgehead atoms. The van der Waals surface area contributed by atoms with E-state index in [1.165, 1.54) is 25.0 Å². The highest BCUT2D eigenvalue weighted by Crippen LogP contribution is 2.20. The van der Waals surface area contributed by atoms with Crippen LogP contribution in [0.2, 0.25) is 0 Å². The number of guanidine groups is 1. The molecular weight excluding hydrogens is 320 g/mol. The lowest BCUT2D eigenvalue weighted by Gasteiger charge is -2.30. The van der Waals surface area contributed by atoms with Gasteiger partial charge in [-0.2, -0.15) is 16.8 Å². The number of hydrogen-bond acceptors (Lipinski definition) is 3. The van der Waals surface area contributed by atoms with Crippen molar-refractivity contribution in [3.05, 3.63) is 24.3 Å². The number of nitrogens with zero attached hydrogens (tertiary/aromatic N) is 4. The first-order valence-corrected chi connectivity index (χ1v) is 9.76. The number of likely N-dealkylation sites (tertiary alicyclic amines) is 1. The van der Waals surface area contributed by atoms with E-state index in [-0.39, 0.29) is 0 Å². The Bertz CT molecular complexity index is 594. The molecule has 130 valence electrons. The first-order valence-electron chi connectivity index (χ1n) is 8.60. The van der Waals surface area contributed by atoms with Crippen molar-refractivity contribution < 1.29 is 4.74 Å². The maximum absolute atomic E-state index is 5.23. The van der Waals surface area contributed by atoms with E-state index in [0.29, 0.717) is 0 Å². The molecule has 0 aliphatic carbocycles. The summed E-state index contributed by atoms with van der Waals surface area (Å²) in [5.41, 5.74) is 0.923. The number of aliphatic imine (C=N–C) groups is 2. The quantitative estimate of drug-likeness (QED) is 0.609. The number of hydrogen-bond donors (Lipinski definition) is 0. The summed E-state index contributed by atoms with van der Waals surface area (Å²) in [6.07, 6.45) is 3.74. The second-order valence-electron chi connectivity index (χ2n) is 6.16. The third-order valence-electron chi connectivity index (χ3n) is 4.41. The van der Waals surface area contributed by atoms with Gasteiger partial charge in [0.1, 0.15) is 11.6 Å². The van der Waals surface area contributed by atoms with Crippen molar-refractivity contribution in [1.29, 1.82) is 0 Å². The number of rotatable bonds is 2. The van der Waals surface area contributed by atoms with E-state index in [4.69, 9.17) is 14.7 Å². The first-order chi connectivity index (χ1) is 11.8. The second-order valence-corrected chi connectivity index (χ2v) is 7.26. The van der Waals surface area contributed by atoms with E-state index in [1.54, 1.807) is 7.11 Å². The molecule has 2 fully saturated rings. The summed E-state index contributed by atoms with van der Waals surface area (Å²) in [6.45, 7) is 3.14. The third kappa shape index (κ3) is 4.44. The number of thioether (sulfide) groups is 1. The molecule has 3 rings (SSSR count). The molecule has 0 radical (unpaired) electrons. The minimum absolute atomic E-state index is 0.850. The average molecular weight is 347 g/mol. The maximum atomic E-state index is 5.23. The van der Waals surface area contributed by atoms with E-state index in [2.05, 4.69) is 16.8 Å². The smallest absolute Gasteiger partial charge is 0.227 e. The molecule has 2 heterocycles. The molecule has 0 unspecified atom stereocenters. The van der Waals surface area contributed by atoms with E-state index >= 15 is 0 Å². The summed E-state index contributed by atoms with van der Waals surface area (Å²) in [4.78, 5) is 14.4. The molecule has 0 saturated carbocycles. The molecule has 2 aliphatic rings. The summed E-state index contributed by atoms with van der Waals surface area (Å²) >= 11 is 1.94.